The second kappa shape index (κ2) is 12.6. The highest BCUT2D eigenvalue weighted by atomic mass is 16.5. The Kier molecular flexibility index (Phi) is 9.04. The first-order valence-electron chi connectivity index (χ1n) is 13.6. The summed E-state index contributed by atoms with van der Waals surface area (Å²) in [6.45, 7) is 8.55. The molecule has 1 atom stereocenters. The summed E-state index contributed by atoms with van der Waals surface area (Å²) < 4.78 is 8.83. The van der Waals surface area contributed by atoms with E-state index in [2.05, 4.69) is 15.7 Å². The Balaban J connectivity index is 1.60. The number of carbonyl (C=O) groups is 3. The van der Waals surface area contributed by atoms with Crippen LogP contribution in [0.5, 0.6) is 0 Å². The summed E-state index contributed by atoms with van der Waals surface area (Å²) in [5.41, 5.74) is 6.10. The van der Waals surface area contributed by atoms with Crippen LogP contribution in [0.2, 0.25) is 0 Å². The van der Waals surface area contributed by atoms with Gasteiger partial charge in [0.05, 0.1) is 19.3 Å². The number of rotatable bonds is 11. The smallest absolute Gasteiger partial charge is 0.305 e. The van der Waals surface area contributed by atoms with Gasteiger partial charge in [0.25, 0.3) is 5.91 Å². The lowest BCUT2D eigenvalue weighted by atomic mass is 10.0. The molecule has 0 bridgehead atoms. The van der Waals surface area contributed by atoms with Gasteiger partial charge < -0.3 is 19.9 Å². The first-order chi connectivity index (χ1) is 19.2. The SMILES string of the molecule is CCOC(=O)CCCc1ccc(Cn2cc(C)cn2)cc1NC(=O)C(C)n1cc(C)c2ccc(C(=O)NC)cc21. The molecule has 2 amide bonds. The molecule has 0 fully saturated rings. The largest absolute Gasteiger partial charge is 0.466 e. The topological polar surface area (TPSA) is 107 Å². The van der Waals surface area contributed by atoms with Crippen LogP contribution in [0.3, 0.4) is 0 Å². The molecule has 4 rings (SSSR count). The summed E-state index contributed by atoms with van der Waals surface area (Å²) in [4.78, 5) is 37.7. The number of nitrogens with one attached hydrogen (secondary N) is 2. The molecule has 40 heavy (non-hydrogen) atoms. The van der Waals surface area contributed by atoms with Crippen LogP contribution < -0.4 is 10.6 Å². The van der Waals surface area contributed by atoms with Crippen molar-refractivity contribution in [1.29, 1.82) is 0 Å². The molecule has 9 nitrogen and oxygen atoms in total. The Morgan fingerprint density at radius 1 is 1.07 bits per heavy atom. The highest BCUT2D eigenvalue weighted by Crippen LogP contribution is 2.28. The molecule has 210 valence electrons. The van der Waals surface area contributed by atoms with Crippen molar-refractivity contribution >= 4 is 34.4 Å². The van der Waals surface area contributed by atoms with Crippen molar-refractivity contribution in [2.45, 2.75) is 59.5 Å². The number of carbonyl (C=O) groups excluding carboxylic acids is 3. The van der Waals surface area contributed by atoms with Crippen LogP contribution in [0.25, 0.3) is 10.9 Å². The van der Waals surface area contributed by atoms with Crippen molar-refractivity contribution < 1.29 is 19.1 Å². The number of hydrogen-bond donors (Lipinski definition) is 2. The predicted octanol–water partition coefficient (Wildman–Crippen LogP) is 4.95. The average molecular weight is 544 g/mol. The van der Waals surface area contributed by atoms with Crippen molar-refractivity contribution in [2.75, 3.05) is 19.0 Å². The lowest BCUT2D eigenvalue weighted by molar-refractivity contribution is -0.143. The summed E-state index contributed by atoms with van der Waals surface area (Å²) in [7, 11) is 1.60. The number of ether oxygens (including phenoxy) is 1. The number of fused-ring (bicyclic) bond motifs is 1. The van der Waals surface area contributed by atoms with Crippen molar-refractivity contribution in [3.8, 4) is 0 Å². The van der Waals surface area contributed by atoms with Gasteiger partial charge in [0.1, 0.15) is 6.04 Å². The van der Waals surface area contributed by atoms with Gasteiger partial charge in [-0.25, -0.2) is 0 Å². The lowest BCUT2D eigenvalue weighted by Gasteiger charge is -2.18. The monoisotopic (exact) mass is 543 g/mol. The molecule has 2 heterocycles. The van der Waals surface area contributed by atoms with Gasteiger partial charge in [-0.1, -0.05) is 18.2 Å². The Bertz CT molecular complexity index is 1530. The van der Waals surface area contributed by atoms with Crippen molar-refractivity contribution in [2.24, 2.45) is 0 Å². The standard InChI is InChI=1S/C31H37N5O4/c1-6-40-29(37)9-7-8-24-11-10-23(19-35-17-20(2)16-33-35)14-27(24)34-30(38)22(4)36-18-21(3)26-13-12-25(15-28(26)36)31(39)32-5/h10-18,22H,6-9,19H2,1-5H3,(H,32,39)(H,34,38). The maximum atomic E-state index is 13.6. The maximum Gasteiger partial charge on any atom is 0.305 e. The van der Waals surface area contributed by atoms with Crippen molar-refractivity contribution in [1.82, 2.24) is 19.7 Å². The van der Waals surface area contributed by atoms with E-state index < -0.39 is 6.04 Å². The second-order valence-corrected chi connectivity index (χ2v) is 10.1. The van der Waals surface area contributed by atoms with Gasteiger partial charge in [0.2, 0.25) is 5.91 Å². The number of benzene rings is 2. The van der Waals surface area contributed by atoms with Crippen LogP contribution in [0, 0.1) is 13.8 Å². The highest BCUT2D eigenvalue weighted by Gasteiger charge is 2.20. The molecular formula is C31H37N5O4. The number of anilines is 1. The molecule has 0 aliphatic rings. The first-order valence-corrected chi connectivity index (χ1v) is 13.6. The molecule has 2 aromatic carbocycles. The minimum Gasteiger partial charge on any atom is -0.466 e. The molecule has 0 saturated heterocycles. The molecule has 0 spiro atoms. The molecule has 2 N–H and O–H groups in total. The van der Waals surface area contributed by atoms with Crippen LogP contribution in [0.15, 0.2) is 55.0 Å². The zero-order valence-corrected chi connectivity index (χ0v) is 23.8. The second-order valence-electron chi connectivity index (χ2n) is 10.1. The van der Waals surface area contributed by atoms with E-state index in [0.29, 0.717) is 43.7 Å². The zero-order valence-electron chi connectivity index (χ0n) is 23.8. The number of aromatic nitrogens is 3. The fourth-order valence-corrected chi connectivity index (χ4v) is 4.85. The fraction of sp³-hybridized carbons (Fsp3) is 0.355. The van der Waals surface area contributed by atoms with Gasteiger partial charge in [0.15, 0.2) is 0 Å². The normalized spacial score (nSPS) is 11.8. The van der Waals surface area contributed by atoms with E-state index in [1.54, 1.807) is 20.0 Å². The zero-order chi connectivity index (χ0) is 28.8. The van der Waals surface area contributed by atoms with E-state index in [4.69, 9.17) is 4.74 Å². The van der Waals surface area contributed by atoms with E-state index >= 15 is 0 Å². The summed E-state index contributed by atoms with van der Waals surface area (Å²) in [5, 5.41) is 11.2. The Hall–Kier alpha value is -4.40. The Labute approximate surface area is 234 Å². The Morgan fingerprint density at radius 2 is 1.88 bits per heavy atom. The van der Waals surface area contributed by atoms with Gasteiger partial charge in [-0.3, -0.25) is 19.1 Å². The van der Waals surface area contributed by atoms with E-state index in [0.717, 1.165) is 33.2 Å². The summed E-state index contributed by atoms with van der Waals surface area (Å²) >= 11 is 0. The minimum atomic E-state index is -0.541. The molecule has 0 aliphatic carbocycles. The molecule has 4 aromatic rings. The quantitative estimate of drug-likeness (QED) is 0.260. The van der Waals surface area contributed by atoms with Gasteiger partial charge in [0, 0.05) is 48.0 Å². The summed E-state index contributed by atoms with van der Waals surface area (Å²) in [5.74, 6) is -0.583. The third-order valence-corrected chi connectivity index (χ3v) is 6.99. The van der Waals surface area contributed by atoms with Crippen LogP contribution >= 0.6 is 0 Å². The van der Waals surface area contributed by atoms with Crippen molar-refractivity contribution in [3.63, 3.8) is 0 Å². The van der Waals surface area contributed by atoms with Crippen LogP contribution in [-0.2, 0) is 27.3 Å². The van der Waals surface area contributed by atoms with Crippen LogP contribution in [0.1, 0.15) is 65.3 Å². The van der Waals surface area contributed by atoms with Gasteiger partial charge in [-0.15, -0.1) is 0 Å². The molecule has 2 aromatic heterocycles. The summed E-state index contributed by atoms with van der Waals surface area (Å²) in [6, 6.07) is 11.0. The summed E-state index contributed by atoms with van der Waals surface area (Å²) in [6.07, 6.45) is 7.27. The van der Waals surface area contributed by atoms with Crippen molar-refractivity contribution in [3.05, 3.63) is 82.8 Å². The van der Waals surface area contributed by atoms with E-state index in [1.165, 1.54) is 0 Å². The fourth-order valence-electron chi connectivity index (χ4n) is 4.85. The number of aryl methyl sites for hydroxylation is 3. The highest BCUT2D eigenvalue weighted by molar-refractivity contribution is 6.00. The van der Waals surface area contributed by atoms with E-state index in [9.17, 15) is 14.4 Å². The minimum absolute atomic E-state index is 0.180. The van der Waals surface area contributed by atoms with Crippen LogP contribution in [-0.4, -0.2) is 45.8 Å². The number of esters is 1. The maximum absolute atomic E-state index is 13.6. The number of hydrogen-bond acceptors (Lipinski definition) is 5. The van der Waals surface area contributed by atoms with Gasteiger partial charge in [-0.05, 0) is 81.0 Å². The first kappa shape index (κ1) is 28.6. The third-order valence-electron chi connectivity index (χ3n) is 6.99. The third kappa shape index (κ3) is 6.59. The molecule has 1 unspecified atom stereocenters. The predicted molar refractivity (Wildman–Crippen MR) is 155 cm³/mol. The van der Waals surface area contributed by atoms with Gasteiger partial charge >= 0.3 is 5.97 Å². The van der Waals surface area contributed by atoms with E-state index in [1.807, 2.05) is 78.9 Å². The van der Waals surface area contributed by atoms with Crippen LogP contribution in [0.4, 0.5) is 5.69 Å². The molecule has 0 saturated carbocycles. The molecule has 0 aliphatic heterocycles. The average Bonchev–Trinajstić information content (AvgIpc) is 3.50. The number of nitrogens with zero attached hydrogens (tertiary/aromatic N) is 3. The number of amides is 2. The van der Waals surface area contributed by atoms with Gasteiger partial charge in [-0.2, -0.15) is 5.10 Å². The van der Waals surface area contributed by atoms with E-state index in [-0.39, 0.29) is 17.8 Å². The molecular weight excluding hydrogens is 506 g/mol. The Morgan fingerprint density at radius 3 is 2.58 bits per heavy atom. The lowest BCUT2D eigenvalue weighted by Crippen LogP contribution is -2.24. The molecule has 9 heteroatoms. The molecule has 0 radical (unpaired) electrons.